The third-order valence-electron chi connectivity index (χ3n) is 4.47. The summed E-state index contributed by atoms with van der Waals surface area (Å²) in [7, 11) is 0. The van der Waals surface area contributed by atoms with Gasteiger partial charge in [0.1, 0.15) is 0 Å². The normalized spacial score (nSPS) is 16.6. The van der Waals surface area contributed by atoms with Crippen LogP contribution in [0, 0.1) is 0 Å². The molecule has 27 heavy (non-hydrogen) atoms. The van der Waals surface area contributed by atoms with Gasteiger partial charge in [0.15, 0.2) is 5.78 Å². The number of carbonyl (C=O) groups excluding carboxylic acids is 2. The van der Waals surface area contributed by atoms with Crippen molar-refractivity contribution in [1.29, 1.82) is 0 Å². The highest BCUT2D eigenvalue weighted by Crippen LogP contribution is 2.25. The highest BCUT2D eigenvalue weighted by atomic mass is 16.6. The largest absolute Gasteiger partial charge is 0.428 e. The topological polar surface area (TPSA) is 63.6 Å². The van der Waals surface area contributed by atoms with E-state index in [4.69, 9.17) is 0 Å². The summed E-state index contributed by atoms with van der Waals surface area (Å²) >= 11 is 0. The first-order chi connectivity index (χ1) is 13.1. The predicted molar refractivity (Wildman–Crippen MR) is 104 cm³/mol. The van der Waals surface area contributed by atoms with E-state index >= 15 is 0 Å². The Morgan fingerprint density at radius 1 is 0.963 bits per heavy atom. The lowest BCUT2D eigenvalue weighted by Gasteiger charge is -2.07. The average Bonchev–Trinajstić information content (AvgIpc) is 3.04. The number of aliphatic hydroxyl groups is 1. The SMILES string of the molecule is O=C1C=C(c2ccc(C(=O)C=Cc3ccc4ccccc4c3)cc2)C(O)O1. The van der Waals surface area contributed by atoms with Crippen molar-refractivity contribution in [3.63, 3.8) is 0 Å². The molecule has 4 nitrogen and oxygen atoms in total. The molecular weight excluding hydrogens is 340 g/mol. The van der Waals surface area contributed by atoms with Crippen LogP contribution in [0.15, 0.2) is 78.9 Å². The summed E-state index contributed by atoms with van der Waals surface area (Å²) in [6, 6.07) is 20.8. The van der Waals surface area contributed by atoms with Crippen LogP contribution in [0.5, 0.6) is 0 Å². The van der Waals surface area contributed by atoms with Crippen LogP contribution in [0.3, 0.4) is 0 Å². The van der Waals surface area contributed by atoms with Gasteiger partial charge in [-0.1, -0.05) is 66.7 Å². The fraction of sp³-hybridized carbons (Fsp3) is 0.0435. The van der Waals surface area contributed by atoms with E-state index in [1.165, 1.54) is 12.2 Å². The Morgan fingerprint density at radius 2 is 1.70 bits per heavy atom. The van der Waals surface area contributed by atoms with Gasteiger partial charge in [-0.25, -0.2) is 4.79 Å². The summed E-state index contributed by atoms with van der Waals surface area (Å²) in [5, 5.41) is 12.0. The molecule has 132 valence electrons. The van der Waals surface area contributed by atoms with E-state index in [-0.39, 0.29) is 5.78 Å². The molecule has 4 rings (SSSR count). The van der Waals surface area contributed by atoms with Gasteiger partial charge in [-0.2, -0.15) is 0 Å². The minimum atomic E-state index is -1.26. The fourth-order valence-corrected chi connectivity index (χ4v) is 3.04. The first kappa shape index (κ1) is 16.9. The van der Waals surface area contributed by atoms with Crippen LogP contribution in [0.2, 0.25) is 0 Å². The van der Waals surface area contributed by atoms with E-state index in [0.29, 0.717) is 16.7 Å². The number of benzene rings is 3. The van der Waals surface area contributed by atoms with Crippen LogP contribution in [-0.2, 0) is 9.53 Å². The van der Waals surface area contributed by atoms with E-state index in [1.807, 2.05) is 42.5 Å². The molecule has 1 heterocycles. The number of carbonyl (C=O) groups is 2. The van der Waals surface area contributed by atoms with Crippen LogP contribution in [0.4, 0.5) is 0 Å². The minimum Gasteiger partial charge on any atom is -0.428 e. The second-order valence-corrected chi connectivity index (χ2v) is 6.27. The van der Waals surface area contributed by atoms with E-state index in [2.05, 4.69) is 4.74 Å². The molecule has 1 aliphatic rings. The van der Waals surface area contributed by atoms with Crippen molar-refractivity contribution in [3.8, 4) is 0 Å². The van der Waals surface area contributed by atoms with E-state index < -0.39 is 12.3 Å². The smallest absolute Gasteiger partial charge is 0.333 e. The van der Waals surface area contributed by atoms with Crippen molar-refractivity contribution in [2.45, 2.75) is 6.29 Å². The molecule has 0 amide bonds. The first-order valence-corrected chi connectivity index (χ1v) is 8.52. The minimum absolute atomic E-state index is 0.122. The number of aliphatic hydroxyl groups excluding tert-OH is 1. The maximum Gasteiger partial charge on any atom is 0.333 e. The second kappa shape index (κ2) is 7.02. The fourth-order valence-electron chi connectivity index (χ4n) is 3.04. The molecule has 0 saturated heterocycles. The number of ether oxygens (including phenoxy) is 1. The number of ketones is 1. The van der Waals surface area contributed by atoms with Crippen LogP contribution >= 0.6 is 0 Å². The number of fused-ring (bicyclic) bond motifs is 1. The number of esters is 1. The predicted octanol–water partition coefficient (Wildman–Crippen LogP) is 3.99. The lowest BCUT2D eigenvalue weighted by Crippen LogP contribution is -2.09. The summed E-state index contributed by atoms with van der Waals surface area (Å²) in [5.41, 5.74) is 2.51. The monoisotopic (exact) mass is 356 g/mol. The maximum atomic E-state index is 12.4. The van der Waals surface area contributed by atoms with Crippen LogP contribution in [0.1, 0.15) is 21.5 Å². The molecule has 1 aliphatic heterocycles. The number of cyclic esters (lactones) is 1. The molecule has 4 heteroatoms. The maximum absolute atomic E-state index is 12.4. The van der Waals surface area contributed by atoms with Crippen molar-refractivity contribution in [1.82, 2.24) is 0 Å². The molecule has 0 fully saturated rings. The Hall–Kier alpha value is -3.50. The quantitative estimate of drug-likeness (QED) is 0.436. The lowest BCUT2D eigenvalue weighted by atomic mass is 10.0. The second-order valence-electron chi connectivity index (χ2n) is 6.27. The number of allylic oxidation sites excluding steroid dienone is 1. The van der Waals surface area contributed by atoms with Gasteiger partial charge in [0, 0.05) is 17.2 Å². The molecule has 0 spiro atoms. The molecule has 3 aromatic rings. The van der Waals surface area contributed by atoms with Crippen LogP contribution in [0.25, 0.3) is 22.4 Å². The molecule has 0 aromatic heterocycles. The van der Waals surface area contributed by atoms with Gasteiger partial charge < -0.3 is 9.84 Å². The third kappa shape index (κ3) is 3.57. The van der Waals surface area contributed by atoms with Crippen LogP contribution < -0.4 is 0 Å². The van der Waals surface area contributed by atoms with Gasteiger partial charge in [0.25, 0.3) is 0 Å². The first-order valence-electron chi connectivity index (χ1n) is 8.52. The van der Waals surface area contributed by atoms with E-state index in [1.54, 1.807) is 30.3 Å². The standard InChI is InChI=1S/C23H16O4/c24-21(12-6-15-5-7-16-3-1-2-4-19(16)13-15)18-10-8-17(9-11-18)20-14-22(25)27-23(20)26/h1-14,23,26H. The van der Waals surface area contributed by atoms with Gasteiger partial charge >= 0.3 is 5.97 Å². The molecule has 0 bridgehead atoms. The number of hydrogen-bond donors (Lipinski definition) is 1. The summed E-state index contributed by atoms with van der Waals surface area (Å²) in [6.45, 7) is 0. The molecule has 1 N–H and O–H groups in total. The molecule has 1 atom stereocenters. The van der Waals surface area contributed by atoms with Crippen LogP contribution in [-0.4, -0.2) is 23.1 Å². The highest BCUT2D eigenvalue weighted by Gasteiger charge is 2.24. The van der Waals surface area contributed by atoms with Gasteiger partial charge in [0.2, 0.25) is 6.29 Å². The van der Waals surface area contributed by atoms with Gasteiger partial charge in [-0.15, -0.1) is 0 Å². The summed E-state index contributed by atoms with van der Waals surface area (Å²) in [4.78, 5) is 23.6. The zero-order valence-electron chi connectivity index (χ0n) is 14.3. The molecule has 3 aromatic carbocycles. The number of hydrogen-bond acceptors (Lipinski definition) is 4. The van der Waals surface area contributed by atoms with E-state index in [9.17, 15) is 14.7 Å². The zero-order chi connectivity index (χ0) is 18.8. The van der Waals surface area contributed by atoms with Crippen molar-refractivity contribution in [2.24, 2.45) is 0 Å². The molecule has 1 unspecified atom stereocenters. The van der Waals surface area contributed by atoms with Gasteiger partial charge in [-0.3, -0.25) is 4.79 Å². The van der Waals surface area contributed by atoms with Crippen molar-refractivity contribution >= 4 is 34.2 Å². The molecular formula is C23H16O4. The number of rotatable bonds is 4. The Balaban J connectivity index is 1.51. The Morgan fingerprint density at radius 3 is 2.41 bits per heavy atom. The molecule has 0 radical (unpaired) electrons. The third-order valence-corrected chi connectivity index (χ3v) is 4.47. The Labute approximate surface area is 156 Å². The van der Waals surface area contributed by atoms with Crippen molar-refractivity contribution in [3.05, 3.63) is 95.6 Å². The summed E-state index contributed by atoms with van der Waals surface area (Å²) in [5.74, 6) is -0.695. The van der Waals surface area contributed by atoms with Crippen molar-refractivity contribution in [2.75, 3.05) is 0 Å². The zero-order valence-corrected chi connectivity index (χ0v) is 14.3. The Kier molecular flexibility index (Phi) is 4.40. The van der Waals surface area contributed by atoms with Crippen molar-refractivity contribution < 1.29 is 19.4 Å². The summed E-state index contributed by atoms with van der Waals surface area (Å²) in [6.07, 6.45) is 3.32. The highest BCUT2D eigenvalue weighted by molar-refractivity contribution is 6.07. The van der Waals surface area contributed by atoms with Gasteiger partial charge in [-0.05, 0) is 34.0 Å². The summed E-state index contributed by atoms with van der Waals surface area (Å²) < 4.78 is 4.67. The van der Waals surface area contributed by atoms with Gasteiger partial charge in [0.05, 0.1) is 0 Å². The lowest BCUT2D eigenvalue weighted by molar-refractivity contribution is -0.149. The Bertz CT molecular complexity index is 1090. The molecule has 0 aliphatic carbocycles. The van der Waals surface area contributed by atoms with E-state index in [0.717, 1.165) is 16.3 Å². The average molecular weight is 356 g/mol. The molecule has 0 saturated carbocycles.